The number of aromatic carboxylic acids is 1. The van der Waals surface area contributed by atoms with Crippen LogP contribution in [0.4, 0.5) is 0 Å². The second-order valence-corrected chi connectivity index (χ2v) is 5.66. The van der Waals surface area contributed by atoms with Gasteiger partial charge in [0.1, 0.15) is 17.2 Å². The van der Waals surface area contributed by atoms with Gasteiger partial charge < -0.3 is 9.84 Å². The second kappa shape index (κ2) is 6.58. The average Bonchev–Trinajstić information content (AvgIpc) is 2.76. The van der Waals surface area contributed by atoms with Crippen LogP contribution in [-0.4, -0.2) is 15.6 Å². The molecule has 0 bridgehead atoms. The first-order chi connectivity index (χ1) is 10.0. The molecule has 0 aliphatic carbocycles. The predicted octanol–water partition coefficient (Wildman–Crippen LogP) is 2.91. The third-order valence-electron chi connectivity index (χ3n) is 3.04. The molecule has 21 heavy (non-hydrogen) atoms. The lowest BCUT2D eigenvalue weighted by atomic mass is 10.2. The highest BCUT2D eigenvalue weighted by Crippen LogP contribution is 2.18. The Morgan fingerprint density at radius 2 is 2.00 bits per heavy atom. The van der Waals surface area contributed by atoms with E-state index >= 15 is 0 Å². The maximum atomic E-state index is 11.9. The second-order valence-electron chi connectivity index (χ2n) is 4.70. The van der Waals surface area contributed by atoms with Gasteiger partial charge in [-0.05, 0) is 25.5 Å². The zero-order chi connectivity index (χ0) is 15.4. The predicted molar refractivity (Wildman–Crippen MR) is 81.3 cm³/mol. The van der Waals surface area contributed by atoms with Crippen LogP contribution >= 0.6 is 11.3 Å². The van der Waals surface area contributed by atoms with Gasteiger partial charge in [-0.3, -0.25) is 9.36 Å². The van der Waals surface area contributed by atoms with Gasteiger partial charge in [0.15, 0.2) is 0 Å². The summed E-state index contributed by atoms with van der Waals surface area (Å²) in [5, 5.41) is 9.21. The van der Waals surface area contributed by atoms with Crippen molar-refractivity contribution < 1.29 is 14.6 Å². The summed E-state index contributed by atoms with van der Waals surface area (Å²) < 4.78 is 7.11. The van der Waals surface area contributed by atoms with Gasteiger partial charge in [-0.1, -0.05) is 36.0 Å². The highest BCUT2D eigenvalue weighted by Gasteiger charge is 2.20. The van der Waals surface area contributed by atoms with Gasteiger partial charge in [-0.15, -0.1) is 0 Å². The number of aromatic nitrogens is 1. The minimum atomic E-state index is -1.09. The van der Waals surface area contributed by atoms with Gasteiger partial charge in [0.05, 0.1) is 5.69 Å². The molecule has 0 radical (unpaired) electrons. The summed E-state index contributed by atoms with van der Waals surface area (Å²) in [4.78, 5) is 22.9. The highest BCUT2D eigenvalue weighted by atomic mass is 32.1. The topological polar surface area (TPSA) is 68.5 Å². The standard InChI is InChI=1S/C15H17NO4S/c1-3-8-16-12(13(14(17)18)21-15(16)19)9-20-11-6-4-10(2)5-7-11/h4-7H,3,8-9H2,1-2H3,(H,17,18). The SMILES string of the molecule is CCCn1c(COc2ccc(C)cc2)c(C(=O)O)sc1=O. The molecule has 112 valence electrons. The van der Waals surface area contributed by atoms with Crippen LogP contribution in [0, 0.1) is 6.92 Å². The Morgan fingerprint density at radius 3 is 2.57 bits per heavy atom. The molecule has 1 heterocycles. The van der Waals surface area contributed by atoms with Crippen molar-refractivity contribution >= 4 is 17.3 Å². The van der Waals surface area contributed by atoms with Crippen LogP contribution in [0.2, 0.25) is 0 Å². The van der Waals surface area contributed by atoms with E-state index < -0.39 is 5.97 Å². The quantitative estimate of drug-likeness (QED) is 0.891. The summed E-state index contributed by atoms with van der Waals surface area (Å²) >= 11 is 0.754. The molecule has 0 unspecified atom stereocenters. The fourth-order valence-corrected chi connectivity index (χ4v) is 2.84. The van der Waals surface area contributed by atoms with E-state index in [0.717, 1.165) is 23.3 Å². The van der Waals surface area contributed by atoms with Crippen LogP contribution in [0.3, 0.4) is 0 Å². The Kier molecular flexibility index (Phi) is 4.80. The van der Waals surface area contributed by atoms with Crippen molar-refractivity contribution in [2.24, 2.45) is 0 Å². The summed E-state index contributed by atoms with van der Waals surface area (Å²) in [6.07, 6.45) is 0.757. The van der Waals surface area contributed by atoms with Crippen molar-refractivity contribution in [3.8, 4) is 5.75 Å². The Labute approximate surface area is 126 Å². The van der Waals surface area contributed by atoms with Gasteiger partial charge in [-0.2, -0.15) is 0 Å². The fourth-order valence-electron chi connectivity index (χ4n) is 1.98. The molecular weight excluding hydrogens is 290 g/mol. The first kappa shape index (κ1) is 15.3. The number of hydrogen-bond acceptors (Lipinski definition) is 4. The van der Waals surface area contributed by atoms with Crippen molar-refractivity contribution in [1.82, 2.24) is 4.57 Å². The summed E-state index contributed by atoms with van der Waals surface area (Å²) in [7, 11) is 0. The van der Waals surface area contributed by atoms with E-state index in [9.17, 15) is 14.7 Å². The smallest absolute Gasteiger partial charge is 0.348 e. The van der Waals surface area contributed by atoms with Crippen molar-refractivity contribution in [3.05, 3.63) is 50.1 Å². The molecule has 0 aliphatic rings. The highest BCUT2D eigenvalue weighted by molar-refractivity contribution is 7.11. The summed E-state index contributed by atoms with van der Waals surface area (Å²) in [5.41, 5.74) is 1.55. The van der Waals surface area contributed by atoms with E-state index in [4.69, 9.17) is 4.74 Å². The van der Waals surface area contributed by atoms with Crippen molar-refractivity contribution in [2.75, 3.05) is 0 Å². The van der Waals surface area contributed by atoms with Gasteiger partial charge in [-0.25, -0.2) is 4.79 Å². The van der Waals surface area contributed by atoms with Crippen LogP contribution in [0.5, 0.6) is 5.75 Å². The molecule has 0 spiro atoms. The maximum Gasteiger partial charge on any atom is 0.348 e. The average molecular weight is 307 g/mol. The number of carbonyl (C=O) groups is 1. The molecule has 5 nitrogen and oxygen atoms in total. The van der Waals surface area contributed by atoms with E-state index in [1.54, 1.807) is 0 Å². The van der Waals surface area contributed by atoms with Gasteiger partial charge >= 0.3 is 10.8 Å². The Morgan fingerprint density at radius 1 is 1.33 bits per heavy atom. The van der Waals surface area contributed by atoms with Crippen molar-refractivity contribution in [2.45, 2.75) is 33.4 Å². The number of nitrogens with zero attached hydrogens (tertiary/aromatic N) is 1. The van der Waals surface area contributed by atoms with Crippen LogP contribution < -0.4 is 9.61 Å². The van der Waals surface area contributed by atoms with Crippen LogP contribution in [0.25, 0.3) is 0 Å². The minimum absolute atomic E-state index is 0.0561. The van der Waals surface area contributed by atoms with E-state index in [1.165, 1.54) is 4.57 Å². The number of carboxylic acid groups (broad SMARTS) is 1. The number of aryl methyl sites for hydroxylation is 1. The molecule has 0 atom stereocenters. The monoisotopic (exact) mass is 307 g/mol. The number of hydrogen-bond donors (Lipinski definition) is 1. The van der Waals surface area contributed by atoms with Crippen LogP contribution in [0.1, 0.15) is 34.3 Å². The normalized spacial score (nSPS) is 10.6. The fraction of sp³-hybridized carbons (Fsp3) is 0.333. The molecule has 1 N–H and O–H groups in total. The van der Waals surface area contributed by atoms with E-state index in [1.807, 2.05) is 38.1 Å². The molecule has 0 aliphatic heterocycles. The third kappa shape index (κ3) is 3.52. The molecule has 1 aromatic carbocycles. The molecular formula is C15H17NO4S. The molecule has 0 saturated carbocycles. The van der Waals surface area contributed by atoms with E-state index in [2.05, 4.69) is 0 Å². The number of thiazole rings is 1. The van der Waals surface area contributed by atoms with E-state index in [0.29, 0.717) is 18.0 Å². The minimum Gasteiger partial charge on any atom is -0.487 e. The lowest BCUT2D eigenvalue weighted by Gasteiger charge is -2.10. The molecule has 0 fully saturated rings. The summed E-state index contributed by atoms with van der Waals surface area (Å²) in [6.45, 7) is 4.48. The molecule has 2 rings (SSSR count). The number of carboxylic acids is 1. The van der Waals surface area contributed by atoms with Gasteiger partial charge in [0, 0.05) is 6.54 Å². The van der Waals surface area contributed by atoms with Gasteiger partial charge in [0.2, 0.25) is 0 Å². The lowest BCUT2D eigenvalue weighted by Crippen LogP contribution is -2.17. The molecule has 0 saturated heterocycles. The maximum absolute atomic E-state index is 11.9. The Balaban J connectivity index is 2.27. The zero-order valence-corrected chi connectivity index (χ0v) is 12.8. The molecule has 6 heteroatoms. The third-order valence-corrected chi connectivity index (χ3v) is 4.05. The molecule has 2 aromatic rings. The Hall–Kier alpha value is -2.08. The lowest BCUT2D eigenvalue weighted by molar-refractivity contribution is 0.0698. The van der Waals surface area contributed by atoms with Crippen LogP contribution in [0.15, 0.2) is 29.1 Å². The summed E-state index contributed by atoms with van der Waals surface area (Å²) in [5.74, 6) is -0.437. The van der Waals surface area contributed by atoms with Crippen molar-refractivity contribution in [1.29, 1.82) is 0 Å². The van der Waals surface area contributed by atoms with Crippen molar-refractivity contribution in [3.63, 3.8) is 0 Å². The van der Waals surface area contributed by atoms with E-state index in [-0.39, 0.29) is 16.4 Å². The van der Waals surface area contributed by atoms with Crippen LogP contribution in [-0.2, 0) is 13.2 Å². The molecule has 1 aromatic heterocycles. The molecule has 0 amide bonds. The largest absolute Gasteiger partial charge is 0.487 e. The van der Waals surface area contributed by atoms with Gasteiger partial charge in [0.25, 0.3) is 0 Å². The first-order valence-corrected chi connectivity index (χ1v) is 7.49. The number of ether oxygens (including phenoxy) is 1. The first-order valence-electron chi connectivity index (χ1n) is 6.68. The zero-order valence-electron chi connectivity index (χ0n) is 12.0. The Bertz CT molecular complexity index is 685. The number of benzene rings is 1. The number of rotatable bonds is 6. The summed E-state index contributed by atoms with van der Waals surface area (Å²) in [6, 6.07) is 7.48.